The molecule has 16 heavy (non-hydrogen) atoms. The Morgan fingerprint density at radius 1 is 0.875 bits per heavy atom. The summed E-state index contributed by atoms with van der Waals surface area (Å²) in [6.07, 6.45) is 5.15. The largest absolute Gasteiger partial charge is 0.299 e. The third-order valence-electron chi connectivity index (χ3n) is 2.87. The zero-order valence-electron chi connectivity index (χ0n) is 10.6. The van der Waals surface area contributed by atoms with Crippen LogP contribution >= 0.6 is 23.5 Å². The topological polar surface area (TPSA) is 34.1 Å². The Bertz CT molecular complexity index is 205. The van der Waals surface area contributed by atoms with E-state index in [-0.39, 0.29) is 23.4 Å². The summed E-state index contributed by atoms with van der Waals surface area (Å²) in [5, 5.41) is 0. The lowest BCUT2D eigenvalue weighted by Gasteiger charge is -2.17. The van der Waals surface area contributed by atoms with Crippen molar-refractivity contribution in [3.8, 4) is 0 Å². The molecule has 0 aromatic heterocycles. The minimum atomic E-state index is -0.124. The molecule has 94 valence electrons. The van der Waals surface area contributed by atoms with Gasteiger partial charge in [0.25, 0.3) is 0 Å². The molecule has 0 bridgehead atoms. The van der Waals surface area contributed by atoms with Crippen LogP contribution in [-0.4, -0.2) is 35.6 Å². The van der Waals surface area contributed by atoms with Crippen molar-refractivity contribution in [2.75, 3.05) is 24.0 Å². The molecule has 0 rings (SSSR count). The molecule has 0 amide bonds. The number of thioether (sulfide) groups is 2. The second-order valence-electron chi connectivity index (χ2n) is 4.00. The first-order valence-electron chi connectivity index (χ1n) is 5.57. The highest BCUT2D eigenvalue weighted by molar-refractivity contribution is 7.98. The number of ketones is 2. The van der Waals surface area contributed by atoms with Crippen molar-refractivity contribution in [3.63, 3.8) is 0 Å². The highest BCUT2D eigenvalue weighted by atomic mass is 32.2. The molecule has 0 aromatic carbocycles. The second-order valence-corrected chi connectivity index (χ2v) is 5.97. The Morgan fingerprint density at radius 3 is 1.44 bits per heavy atom. The first kappa shape index (κ1) is 16.0. The molecule has 0 saturated heterocycles. The molecule has 1 unspecified atom stereocenters. The fraction of sp³-hybridized carbons (Fsp3) is 0.833. The number of hydrogen-bond donors (Lipinski definition) is 0. The Balaban J connectivity index is 4.09. The summed E-state index contributed by atoms with van der Waals surface area (Å²) in [7, 11) is 0. The summed E-state index contributed by atoms with van der Waals surface area (Å²) in [5.74, 6) is 1.91. The molecule has 0 N–H and O–H groups in total. The zero-order chi connectivity index (χ0) is 12.6. The molecule has 0 aliphatic heterocycles. The monoisotopic (exact) mass is 262 g/mol. The van der Waals surface area contributed by atoms with Crippen molar-refractivity contribution in [2.45, 2.75) is 26.7 Å². The molecular formula is C12H22O2S2. The molecule has 0 aliphatic rings. The van der Waals surface area contributed by atoms with Gasteiger partial charge in [0, 0.05) is 24.7 Å². The molecule has 0 aliphatic carbocycles. The van der Waals surface area contributed by atoms with Gasteiger partial charge in [0.1, 0.15) is 11.6 Å². The Labute approximate surface area is 107 Å². The van der Waals surface area contributed by atoms with E-state index in [1.54, 1.807) is 23.5 Å². The van der Waals surface area contributed by atoms with Crippen molar-refractivity contribution in [1.29, 1.82) is 0 Å². The average molecular weight is 262 g/mol. The fourth-order valence-corrected chi connectivity index (χ4v) is 2.23. The molecule has 0 aromatic rings. The van der Waals surface area contributed by atoms with E-state index in [0.717, 1.165) is 11.5 Å². The zero-order valence-corrected chi connectivity index (χ0v) is 12.2. The van der Waals surface area contributed by atoms with E-state index in [9.17, 15) is 9.59 Å². The number of Topliss-reactive ketones (excluding diaryl/α,β-unsaturated/α-hetero) is 2. The minimum absolute atomic E-state index is 0.124. The van der Waals surface area contributed by atoms with Gasteiger partial charge in [0.2, 0.25) is 0 Å². The summed E-state index contributed by atoms with van der Waals surface area (Å²) in [5.41, 5.74) is 0. The lowest BCUT2D eigenvalue weighted by Crippen LogP contribution is -2.26. The first-order valence-corrected chi connectivity index (χ1v) is 8.36. The maximum absolute atomic E-state index is 11.8. The maximum atomic E-state index is 11.8. The van der Waals surface area contributed by atoms with Gasteiger partial charge in [-0.2, -0.15) is 23.5 Å². The van der Waals surface area contributed by atoms with Crippen LogP contribution in [0, 0.1) is 11.8 Å². The van der Waals surface area contributed by atoms with E-state index in [0.29, 0.717) is 12.8 Å². The predicted molar refractivity (Wildman–Crippen MR) is 74.3 cm³/mol. The van der Waals surface area contributed by atoms with Crippen molar-refractivity contribution in [2.24, 2.45) is 11.8 Å². The number of hydrogen-bond acceptors (Lipinski definition) is 4. The number of rotatable bonds is 9. The van der Waals surface area contributed by atoms with Gasteiger partial charge in [-0.25, -0.2) is 0 Å². The highest BCUT2D eigenvalue weighted by Gasteiger charge is 2.24. The van der Waals surface area contributed by atoms with E-state index >= 15 is 0 Å². The van der Waals surface area contributed by atoms with Crippen molar-refractivity contribution in [3.05, 3.63) is 0 Å². The Kier molecular flexibility index (Phi) is 9.13. The average Bonchev–Trinajstić information content (AvgIpc) is 2.30. The van der Waals surface area contributed by atoms with Crippen LogP contribution in [0.1, 0.15) is 26.7 Å². The van der Waals surface area contributed by atoms with Crippen LogP contribution in [0.15, 0.2) is 0 Å². The smallest absolute Gasteiger partial charge is 0.137 e. The van der Waals surface area contributed by atoms with Crippen molar-refractivity contribution in [1.82, 2.24) is 0 Å². The summed E-state index contributed by atoms with van der Waals surface area (Å²) in [4.78, 5) is 23.5. The molecule has 0 radical (unpaired) electrons. The summed E-state index contributed by atoms with van der Waals surface area (Å²) >= 11 is 3.34. The lowest BCUT2D eigenvalue weighted by molar-refractivity contribution is -0.130. The van der Waals surface area contributed by atoms with Crippen LogP contribution < -0.4 is 0 Å². The summed E-state index contributed by atoms with van der Waals surface area (Å²) in [6, 6.07) is 0. The minimum Gasteiger partial charge on any atom is -0.299 e. The van der Waals surface area contributed by atoms with Gasteiger partial charge in [-0.1, -0.05) is 13.8 Å². The molecular weight excluding hydrogens is 240 g/mol. The molecule has 0 fully saturated rings. The van der Waals surface area contributed by atoms with E-state index in [4.69, 9.17) is 0 Å². The number of carbonyl (C=O) groups excluding carboxylic acids is 2. The molecule has 0 spiro atoms. The quantitative estimate of drug-likeness (QED) is 0.640. The molecule has 0 saturated carbocycles. The Hall–Kier alpha value is 0.0400. The van der Waals surface area contributed by atoms with Gasteiger partial charge in [-0.15, -0.1) is 0 Å². The van der Waals surface area contributed by atoms with Gasteiger partial charge < -0.3 is 0 Å². The van der Waals surface area contributed by atoms with Gasteiger partial charge in [-0.05, 0) is 24.0 Å². The predicted octanol–water partition coefficient (Wildman–Crippen LogP) is 2.90. The standard InChI is InChI=1S/C12H22O2S2/c1-9(11(13)5-7-15-3)10(2)12(14)6-8-16-4/h9-10H,5-8H2,1-4H3/t9-,10?/m1/s1. The van der Waals surface area contributed by atoms with Crippen LogP contribution in [0.5, 0.6) is 0 Å². The molecule has 0 heterocycles. The maximum Gasteiger partial charge on any atom is 0.137 e. The van der Waals surface area contributed by atoms with Crippen molar-refractivity contribution >= 4 is 35.1 Å². The SMILES string of the molecule is CSCCC(=O)C(C)[C@@H](C)C(=O)CCSC. The summed E-state index contributed by atoms with van der Waals surface area (Å²) < 4.78 is 0. The lowest BCUT2D eigenvalue weighted by atomic mass is 9.86. The van der Waals surface area contributed by atoms with Crippen LogP contribution in [-0.2, 0) is 9.59 Å². The highest BCUT2D eigenvalue weighted by Crippen LogP contribution is 2.18. The van der Waals surface area contributed by atoms with Gasteiger partial charge in [0.15, 0.2) is 0 Å². The second kappa shape index (κ2) is 9.11. The Morgan fingerprint density at radius 2 is 1.19 bits per heavy atom. The van der Waals surface area contributed by atoms with Gasteiger partial charge in [0.05, 0.1) is 0 Å². The third kappa shape index (κ3) is 5.94. The normalized spacial score (nSPS) is 14.5. The van der Waals surface area contributed by atoms with E-state index in [1.807, 2.05) is 26.4 Å². The fourth-order valence-electron chi connectivity index (χ4n) is 1.42. The van der Waals surface area contributed by atoms with Crippen molar-refractivity contribution < 1.29 is 9.59 Å². The molecule has 2 nitrogen and oxygen atoms in total. The van der Waals surface area contributed by atoms with Crippen LogP contribution in [0.4, 0.5) is 0 Å². The van der Waals surface area contributed by atoms with Crippen LogP contribution in [0.25, 0.3) is 0 Å². The molecule has 2 atom stereocenters. The van der Waals surface area contributed by atoms with Gasteiger partial charge in [-0.3, -0.25) is 9.59 Å². The van der Waals surface area contributed by atoms with Crippen LogP contribution in [0.2, 0.25) is 0 Å². The number of carbonyl (C=O) groups is 2. The van der Waals surface area contributed by atoms with Crippen LogP contribution in [0.3, 0.4) is 0 Å². The van der Waals surface area contributed by atoms with Gasteiger partial charge >= 0.3 is 0 Å². The first-order chi connectivity index (χ1) is 7.54. The van der Waals surface area contributed by atoms with E-state index in [1.165, 1.54) is 0 Å². The van der Waals surface area contributed by atoms with E-state index < -0.39 is 0 Å². The summed E-state index contributed by atoms with van der Waals surface area (Å²) in [6.45, 7) is 3.76. The molecule has 4 heteroatoms. The third-order valence-corrected chi connectivity index (χ3v) is 4.10. The van der Waals surface area contributed by atoms with E-state index in [2.05, 4.69) is 0 Å².